The van der Waals surface area contributed by atoms with Gasteiger partial charge < -0.3 is 1.43 Å². The maximum Gasteiger partial charge on any atom is 1.00 e. The molecule has 8 heteroatoms. The molecule has 14 heavy (non-hydrogen) atoms. The van der Waals surface area contributed by atoms with E-state index in [2.05, 4.69) is 4.98 Å². The van der Waals surface area contributed by atoms with Gasteiger partial charge in [-0.15, -0.1) is 0 Å². The van der Waals surface area contributed by atoms with Crippen LogP contribution in [0, 0.1) is 22.8 Å². The molecule has 4 nitrogen and oxygen atoms in total. The summed E-state index contributed by atoms with van der Waals surface area (Å²) in [5.74, 6) is -0.574. The Morgan fingerprint density at radius 2 is 2.00 bits per heavy atom. The van der Waals surface area contributed by atoms with Gasteiger partial charge in [-0.1, -0.05) is 0 Å². The predicted octanol–water partition coefficient (Wildman–Crippen LogP) is -1.78. The third-order valence-electron chi connectivity index (χ3n) is 1.20. The number of hydrogen-bond donors (Lipinski definition) is 0. The Kier molecular flexibility index (Phi) is 3.77. The molecule has 68 valence electrons. The summed E-state index contributed by atoms with van der Waals surface area (Å²) in [7, 11) is 0. The molecule has 0 aliphatic rings. The van der Waals surface area contributed by atoms with Gasteiger partial charge >= 0.3 is 25.0 Å². The fraction of sp³-hybridized carbons (Fsp3) is 0.167. The number of alkyl halides is 3. The largest absolute Gasteiger partial charge is 1.00 e. The molecular formula is C6H2F3LiN4. The van der Waals surface area contributed by atoms with E-state index in [0.717, 1.165) is 0 Å². The Bertz CT molecular complexity index is 382. The van der Waals surface area contributed by atoms with Gasteiger partial charge in [0.2, 0.25) is 5.82 Å². The first kappa shape index (κ1) is 12.6. The molecule has 0 unspecified atom stereocenters. The van der Waals surface area contributed by atoms with Gasteiger partial charge in [0.1, 0.15) is 6.07 Å². The molecule has 0 bridgehead atoms. The monoisotopic (exact) mass is 194 g/mol. The number of halogens is 3. The minimum Gasteiger partial charge on any atom is -1.00 e. The number of rotatable bonds is 0. The van der Waals surface area contributed by atoms with E-state index in [-0.39, 0.29) is 20.3 Å². The molecule has 0 atom stereocenters. The summed E-state index contributed by atoms with van der Waals surface area (Å²) in [5.41, 5.74) is -1.24. The van der Waals surface area contributed by atoms with Gasteiger partial charge in [-0.2, -0.15) is 23.7 Å². The smallest absolute Gasteiger partial charge is 1.00 e. The van der Waals surface area contributed by atoms with E-state index in [1.54, 1.807) is 0 Å². The first-order valence-electron chi connectivity index (χ1n) is 2.96. The molecule has 1 aromatic heterocycles. The van der Waals surface area contributed by atoms with Crippen molar-refractivity contribution in [1.82, 2.24) is 9.55 Å². The zero-order valence-corrected chi connectivity index (χ0v) is 7.00. The predicted molar refractivity (Wildman–Crippen MR) is 34.1 cm³/mol. The van der Waals surface area contributed by atoms with E-state index in [0.29, 0.717) is 10.8 Å². The van der Waals surface area contributed by atoms with Crippen molar-refractivity contribution in [2.75, 3.05) is 0 Å². The molecule has 1 heterocycles. The Balaban J connectivity index is 0. The number of imidazole rings is 1. The van der Waals surface area contributed by atoms with Gasteiger partial charge in [0.15, 0.2) is 11.9 Å². The maximum absolute atomic E-state index is 12.0. The summed E-state index contributed by atoms with van der Waals surface area (Å²) in [6.07, 6.45) is -2.79. The molecule has 0 amide bonds. The summed E-state index contributed by atoms with van der Waals surface area (Å²) in [4.78, 5) is 2.93. The molecule has 0 radical (unpaired) electrons. The Labute approximate surface area is 90.2 Å². The topological polar surface area (TPSA) is 65.4 Å². The molecule has 0 aliphatic carbocycles. The summed E-state index contributed by atoms with van der Waals surface area (Å²) < 4.78 is 36.3. The Morgan fingerprint density at radius 3 is 2.29 bits per heavy atom. The second-order valence-corrected chi connectivity index (χ2v) is 2.03. The van der Waals surface area contributed by atoms with Crippen molar-refractivity contribution in [3.05, 3.63) is 17.7 Å². The molecular weight excluding hydrogens is 192 g/mol. The first-order chi connectivity index (χ1) is 5.99. The minimum absolute atomic E-state index is 0. The average molecular weight is 194 g/mol. The van der Waals surface area contributed by atoms with E-state index in [1.807, 2.05) is 0 Å². The molecule has 1 aromatic rings. The minimum atomic E-state index is -4.63. The third-order valence-corrected chi connectivity index (χ3v) is 1.20. The van der Waals surface area contributed by atoms with Crippen molar-refractivity contribution >= 4 is 0 Å². The number of hydrogen-bond acceptors (Lipinski definition) is 3. The van der Waals surface area contributed by atoms with Crippen molar-refractivity contribution in [1.29, 1.82) is 10.5 Å². The van der Waals surface area contributed by atoms with Crippen LogP contribution in [0.25, 0.3) is 0 Å². The van der Waals surface area contributed by atoms with Gasteiger partial charge in [-0.25, -0.2) is 9.55 Å². The number of nitrogens with zero attached hydrogens (tertiary/aromatic N) is 4. The van der Waals surface area contributed by atoms with Gasteiger partial charge in [0, 0.05) is 0 Å². The maximum atomic E-state index is 12.0. The summed E-state index contributed by atoms with van der Waals surface area (Å²) in [5, 5.41) is 16.6. The van der Waals surface area contributed by atoms with Gasteiger partial charge in [0.25, 0.3) is 0 Å². The van der Waals surface area contributed by atoms with Crippen LogP contribution < -0.4 is 18.9 Å². The van der Waals surface area contributed by atoms with E-state index in [1.165, 1.54) is 12.3 Å². The zero-order chi connectivity index (χ0) is 10.1. The van der Waals surface area contributed by atoms with Crippen molar-refractivity contribution in [2.45, 2.75) is 6.18 Å². The van der Waals surface area contributed by atoms with E-state index < -0.39 is 17.7 Å². The van der Waals surface area contributed by atoms with Crippen molar-refractivity contribution in [3.8, 4) is 12.3 Å². The standard InChI is InChI=1S/C6HF3N4.Li.H/c7-6(8,9)4-2-13(3-11)5(1-10)12-4;;/h2H;;/q;+1;-1. The van der Waals surface area contributed by atoms with Crippen LogP contribution >= 0.6 is 0 Å². The number of aromatic nitrogens is 2. The van der Waals surface area contributed by atoms with Crippen LogP contribution in [0.5, 0.6) is 0 Å². The van der Waals surface area contributed by atoms with E-state index >= 15 is 0 Å². The first-order valence-corrected chi connectivity index (χ1v) is 2.96. The Hall–Kier alpha value is -1.42. The van der Waals surface area contributed by atoms with Gasteiger partial charge in [-0.05, 0) is 0 Å². The molecule has 0 aliphatic heterocycles. The van der Waals surface area contributed by atoms with Crippen molar-refractivity contribution in [3.63, 3.8) is 0 Å². The van der Waals surface area contributed by atoms with Crippen LogP contribution in [0.3, 0.4) is 0 Å². The van der Waals surface area contributed by atoms with Crippen LogP contribution in [-0.4, -0.2) is 9.55 Å². The zero-order valence-electron chi connectivity index (χ0n) is 8.00. The normalized spacial score (nSPS) is 9.79. The van der Waals surface area contributed by atoms with Crippen LogP contribution in [0.4, 0.5) is 13.2 Å². The Morgan fingerprint density at radius 1 is 1.43 bits per heavy atom. The SMILES string of the molecule is N#Cc1nc(C(F)(F)F)cn1C#N.[H-].[Li+]. The van der Waals surface area contributed by atoms with Crippen LogP contribution in [0.2, 0.25) is 0 Å². The fourth-order valence-electron chi connectivity index (χ4n) is 0.672. The van der Waals surface area contributed by atoms with Crippen LogP contribution in [-0.2, 0) is 6.18 Å². The second kappa shape index (κ2) is 4.19. The quantitative estimate of drug-likeness (QED) is 0.458. The molecule has 0 fully saturated rings. The van der Waals surface area contributed by atoms with Crippen molar-refractivity contribution < 1.29 is 33.5 Å². The molecule has 0 aromatic carbocycles. The van der Waals surface area contributed by atoms with Crippen LogP contribution in [0.1, 0.15) is 12.9 Å². The van der Waals surface area contributed by atoms with E-state index in [9.17, 15) is 13.2 Å². The summed E-state index contributed by atoms with van der Waals surface area (Å²) >= 11 is 0. The number of nitriles is 2. The van der Waals surface area contributed by atoms with Crippen LogP contribution in [0.15, 0.2) is 6.20 Å². The average Bonchev–Trinajstić information content (AvgIpc) is 2.45. The molecule has 0 spiro atoms. The molecule has 1 rings (SSSR count). The summed E-state index contributed by atoms with van der Waals surface area (Å²) in [6, 6.07) is 1.37. The third kappa shape index (κ3) is 2.29. The second-order valence-electron chi connectivity index (χ2n) is 2.03. The molecule has 0 saturated heterocycles. The fourth-order valence-corrected chi connectivity index (χ4v) is 0.672. The van der Waals surface area contributed by atoms with Crippen molar-refractivity contribution in [2.24, 2.45) is 0 Å². The summed E-state index contributed by atoms with van der Waals surface area (Å²) in [6.45, 7) is 0. The van der Waals surface area contributed by atoms with E-state index in [4.69, 9.17) is 10.5 Å². The molecule has 0 N–H and O–H groups in total. The van der Waals surface area contributed by atoms with Gasteiger partial charge in [0.05, 0.1) is 6.20 Å². The van der Waals surface area contributed by atoms with Gasteiger partial charge in [-0.3, -0.25) is 0 Å². The molecule has 0 saturated carbocycles.